The van der Waals surface area contributed by atoms with Crippen LogP contribution in [0.2, 0.25) is 0 Å². The zero-order valence-corrected chi connectivity index (χ0v) is 11.7. The Morgan fingerprint density at radius 3 is 2.94 bits per heavy atom. The number of hydrogen-bond donors (Lipinski definition) is 2. The molecule has 2 aromatic heterocycles. The van der Waals surface area contributed by atoms with Gasteiger partial charge in [-0.2, -0.15) is 4.98 Å². The molecule has 0 radical (unpaired) electrons. The fourth-order valence-electron chi connectivity index (χ4n) is 1.32. The van der Waals surface area contributed by atoms with Crippen molar-refractivity contribution in [3.63, 3.8) is 0 Å². The Labute approximate surface area is 113 Å². The predicted molar refractivity (Wildman–Crippen MR) is 72.2 cm³/mol. The van der Waals surface area contributed by atoms with Crippen LogP contribution >= 0.6 is 15.9 Å². The molecule has 2 aromatic rings. The van der Waals surface area contributed by atoms with Crippen molar-refractivity contribution in [1.82, 2.24) is 14.6 Å². The van der Waals surface area contributed by atoms with Crippen LogP contribution in [0.3, 0.4) is 0 Å². The molecule has 2 rings (SSSR count). The maximum Gasteiger partial charge on any atom is 0.243 e. The summed E-state index contributed by atoms with van der Waals surface area (Å²) in [5, 5.41) is 7.26. The normalized spacial score (nSPS) is 11.7. The quantitative estimate of drug-likeness (QED) is 0.894. The van der Waals surface area contributed by atoms with Crippen LogP contribution < -0.4 is 11.1 Å². The predicted octanol–water partition coefficient (Wildman–Crippen LogP) is 1.42. The molecular weight excluding hydrogens is 298 g/mol. The average molecular weight is 312 g/mol. The summed E-state index contributed by atoms with van der Waals surface area (Å²) in [6.45, 7) is 3.93. The van der Waals surface area contributed by atoms with E-state index in [9.17, 15) is 4.79 Å². The Balaban J connectivity index is 2.15. The Morgan fingerprint density at radius 2 is 2.28 bits per heavy atom. The van der Waals surface area contributed by atoms with Crippen LogP contribution in [0.25, 0.3) is 5.65 Å². The third-order valence-corrected chi connectivity index (χ3v) is 3.12. The molecule has 0 saturated heterocycles. The zero-order chi connectivity index (χ0) is 13.3. The summed E-state index contributed by atoms with van der Waals surface area (Å²) in [5.41, 5.74) is 5.39. The summed E-state index contributed by atoms with van der Waals surface area (Å²) in [4.78, 5) is 15.5. The molecule has 6 nitrogen and oxygen atoms in total. The van der Waals surface area contributed by atoms with Crippen molar-refractivity contribution in [2.75, 3.05) is 11.9 Å². The summed E-state index contributed by atoms with van der Waals surface area (Å²) in [6.07, 6.45) is 1.81. The van der Waals surface area contributed by atoms with Gasteiger partial charge in [-0.1, -0.05) is 0 Å². The largest absolute Gasteiger partial charge is 0.369 e. The molecule has 3 N–H and O–H groups in total. The Bertz CT molecular complexity index is 592. The second-order valence-corrected chi connectivity index (χ2v) is 5.60. The van der Waals surface area contributed by atoms with Gasteiger partial charge in [0, 0.05) is 17.2 Å². The van der Waals surface area contributed by atoms with E-state index in [-0.39, 0.29) is 5.91 Å². The van der Waals surface area contributed by atoms with Crippen molar-refractivity contribution in [2.24, 2.45) is 11.1 Å². The van der Waals surface area contributed by atoms with E-state index in [1.54, 1.807) is 18.4 Å². The highest BCUT2D eigenvalue weighted by atomic mass is 79.9. The highest BCUT2D eigenvalue weighted by molar-refractivity contribution is 9.10. The number of hydrogen-bond acceptors (Lipinski definition) is 4. The fourth-order valence-corrected chi connectivity index (χ4v) is 1.65. The van der Waals surface area contributed by atoms with Crippen molar-refractivity contribution >= 4 is 33.4 Å². The lowest BCUT2D eigenvalue weighted by atomic mass is 9.93. The van der Waals surface area contributed by atoms with Gasteiger partial charge in [-0.15, -0.1) is 5.10 Å². The molecule has 0 aromatic carbocycles. The minimum Gasteiger partial charge on any atom is -0.369 e. The first-order chi connectivity index (χ1) is 8.38. The van der Waals surface area contributed by atoms with Crippen LogP contribution in [0.5, 0.6) is 0 Å². The lowest BCUT2D eigenvalue weighted by molar-refractivity contribution is -0.125. The molecular formula is C11H14BrN5O. The minimum absolute atomic E-state index is 0.360. The topological polar surface area (TPSA) is 85.3 Å². The van der Waals surface area contributed by atoms with Gasteiger partial charge < -0.3 is 11.1 Å². The summed E-state index contributed by atoms with van der Waals surface area (Å²) < 4.78 is 2.58. The minimum atomic E-state index is -0.641. The van der Waals surface area contributed by atoms with Crippen molar-refractivity contribution in [3.05, 3.63) is 22.8 Å². The number of pyridine rings is 1. The monoisotopic (exact) mass is 311 g/mol. The first-order valence-electron chi connectivity index (χ1n) is 5.44. The number of fused-ring (bicyclic) bond motifs is 1. The number of nitrogens with one attached hydrogen (secondary N) is 1. The molecule has 0 unspecified atom stereocenters. The Hall–Kier alpha value is -1.63. The van der Waals surface area contributed by atoms with E-state index in [4.69, 9.17) is 5.73 Å². The molecule has 0 atom stereocenters. The maximum absolute atomic E-state index is 11.2. The lowest BCUT2D eigenvalue weighted by Gasteiger charge is -2.19. The van der Waals surface area contributed by atoms with Crippen LogP contribution in [0.4, 0.5) is 5.95 Å². The van der Waals surface area contributed by atoms with Crippen molar-refractivity contribution in [3.8, 4) is 0 Å². The lowest BCUT2D eigenvalue weighted by Crippen LogP contribution is -2.37. The smallest absolute Gasteiger partial charge is 0.243 e. The third kappa shape index (κ3) is 2.61. The van der Waals surface area contributed by atoms with Gasteiger partial charge in [0.15, 0.2) is 5.65 Å². The van der Waals surface area contributed by atoms with Crippen molar-refractivity contribution in [1.29, 1.82) is 0 Å². The number of aromatic nitrogens is 3. The summed E-state index contributed by atoms with van der Waals surface area (Å²) >= 11 is 3.36. The molecule has 0 saturated carbocycles. The second-order valence-electron chi connectivity index (χ2n) is 4.69. The summed E-state index contributed by atoms with van der Waals surface area (Å²) in [5.74, 6) is 0.115. The standard InChI is InChI=1S/C11H14BrN5O/c1-11(2,9(13)18)6-14-10-15-8-4-3-7(12)5-17(8)16-10/h3-5H,6H2,1-2H3,(H2,13,18)(H,14,16). The van der Waals surface area contributed by atoms with Gasteiger partial charge in [-0.25, -0.2) is 4.52 Å². The molecule has 0 fully saturated rings. The highest BCUT2D eigenvalue weighted by Crippen LogP contribution is 2.16. The number of nitrogens with two attached hydrogens (primary N) is 1. The van der Waals surface area contributed by atoms with E-state index < -0.39 is 5.41 Å². The highest BCUT2D eigenvalue weighted by Gasteiger charge is 2.25. The van der Waals surface area contributed by atoms with Gasteiger partial charge >= 0.3 is 0 Å². The Kier molecular flexibility index (Phi) is 3.25. The maximum atomic E-state index is 11.2. The molecule has 0 aliphatic heterocycles. The van der Waals surface area contributed by atoms with Gasteiger partial charge in [0.05, 0.1) is 5.41 Å². The average Bonchev–Trinajstić information content (AvgIpc) is 2.68. The van der Waals surface area contributed by atoms with E-state index in [1.165, 1.54) is 0 Å². The van der Waals surface area contributed by atoms with Crippen LogP contribution in [0.1, 0.15) is 13.8 Å². The van der Waals surface area contributed by atoms with Crippen LogP contribution in [-0.4, -0.2) is 27.0 Å². The molecule has 0 spiro atoms. The zero-order valence-electron chi connectivity index (χ0n) is 10.1. The number of rotatable bonds is 4. The molecule has 7 heteroatoms. The first kappa shape index (κ1) is 12.8. The number of primary amides is 1. The van der Waals surface area contributed by atoms with Gasteiger partial charge in [0.25, 0.3) is 0 Å². The van der Waals surface area contributed by atoms with E-state index in [0.29, 0.717) is 12.5 Å². The fraction of sp³-hybridized carbons (Fsp3) is 0.364. The number of carbonyl (C=O) groups excluding carboxylic acids is 1. The van der Waals surface area contributed by atoms with Crippen LogP contribution in [0, 0.1) is 5.41 Å². The van der Waals surface area contributed by atoms with Gasteiger partial charge in [0.2, 0.25) is 11.9 Å². The molecule has 2 heterocycles. The molecule has 0 bridgehead atoms. The van der Waals surface area contributed by atoms with Crippen molar-refractivity contribution in [2.45, 2.75) is 13.8 Å². The van der Waals surface area contributed by atoms with Gasteiger partial charge in [0.1, 0.15) is 0 Å². The number of nitrogens with zero attached hydrogens (tertiary/aromatic N) is 3. The van der Waals surface area contributed by atoms with Crippen LogP contribution in [-0.2, 0) is 4.79 Å². The summed E-state index contributed by atoms with van der Waals surface area (Å²) in [6, 6.07) is 3.74. The van der Waals surface area contributed by atoms with Gasteiger partial charge in [-0.3, -0.25) is 4.79 Å². The molecule has 0 aliphatic rings. The van der Waals surface area contributed by atoms with Crippen molar-refractivity contribution < 1.29 is 4.79 Å². The SMILES string of the molecule is CC(C)(CNc1nc2ccc(Br)cn2n1)C(N)=O. The number of anilines is 1. The van der Waals surface area contributed by atoms with Gasteiger partial charge in [-0.05, 0) is 41.9 Å². The summed E-state index contributed by atoms with van der Waals surface area (Å²) in [7, 11) is 0. The van der Waals surface area contributed by atoms with E-state index in [2.05, 4.69) is 31.3 Å². The van der Waals surface area contributed by atoms with Crippen LogP contribution in [0.15, 0.2) is 22.8 Å². The molecule has 1 amide bonds. The molecule has 18 heavy (non-hydrogen) atoms. The number of amides is 1. The Morgan fingerprint density at radius 1 is 1.56 bits per heavy atom. The molecule has 96 valence electrons. The number of carbonyl (C=O) groups is 1. The second kappa shape index (κ2) is 4.56. The number of halogens is 1. The molecule has 0 aliphatic carbocycles. The first-order valence-corrected chi connectivity index (χ1v) is 6.23. The third-order valence-electron chi connectivity index (χ3n) is 2.65. The van der Waals surface area contributed by atoms with E-state index >= 15 is 0 Å². The van der Waals surface area contributed by atoms with E-state index in [1.807, 2.05) is 18.3 Å². The van der Waals surface area contributed by atoms with E-state index in [0.717, 1.165) is 10.1 Å².